The fraction of sp³-hybridized carbons (Fsp3) is 0.500. The molecule has 0 unspecified atom stereocenters. The number of fused-ring (bicyclic) bond motifs is 2. The van der Waals surface area contributed by atoms with Crippen molar-refractivity contribution < 1.29 is 18.6 Å². The van der Waals surface area contributed by atoms with Crippen molar-refractivity contribution >= 4 is 8.69 Å². The van der Waals surface area contributed by atoms with Gasteiger partial charge in [0.05, 0.1) is 6.61 Å². The van der Waals surface area contributed by atoms with E-state index in [1.807, 2.05) is 0 Å². The Bertz CT molecular complexity index is 446. The standard InChI is InChI=1S/C12H13O4P/c13-17-16-6-8-1-2-9-4-11-12(15-7-14-11)5-10(9)3-8/h4-5,8H,1-3,6-7H2/t8-/m0/s1. The van der Waals surface area contributed by atoms with Gasteiger partial charge in [-0.15, -0.1) is 0 Å². The van der Waals surface area contributed by atoms with E-state index in [9.17, 15) is 4.57 Å². The van der Waals surface area contributed by atoms with Crippen LogP contribution in [0.25, 0.3) is 0 Å². The SMILES string of the molecule is O=POC[C@H]1CCc2cc3c(cc2C1)OCO3. The Balaban J connectivity index is 1.80. The van der Waals surface area contributed by atoms with Gasteiger partial charge in [0.1, 0.15) is 0 Å². The second-order valence-corrected chi connectivity index (χ2v) is 4.86. The van der Waals surface area contributed by atoms with Gasteiger partial charge in [-0.25, -0.2) is 4.57 Å². The van der Waals surface area contributed by atoms with Gasteiger partial charge in [0.2, 0.25) is 6.79 Å². The van der Waals surface area contributed by atoms with Gasteiger partial charge in [0.25, 0.3) is 0 Å². The summed E-state index contributed by atoms with van der Waals surface area (Å²) in [6.45, 7) is 0.874. The number of rotatable bonds is 3. The smallest absolute Gasteiger partial charge is 0.327 e. The summed E-state index contributed by atoms with van der Waals surface area (Å²) in [6, 6.07) is 4.15. The summed E-state index contributed by atoms with van der Waals surface area (Å²) in [5, 5.41) is 0. The summed E-state index contributed by atoms with van der Waals surface area (Å²) in [5.74, 6) is 2.15. The van der Waals surface area contributed by atoms with Crippen molar-refractivity contribution in [2.75, 3.05) is 13.4 Å². The van der Waals surface area contributed by atoms with Gasteiger partial charge >= 0.3 is 8.69 Å². The zero-order valence-electron chi connectivity index (χ0n) is 9.35. The first kappa shape index (κ1) is 11.0. The van der Waals surface area contributed by atoms with Crippen molar-refractivity contribution in [3.05, 3.63) is 23.3 Å². The molecule has 1 atom stereocenters. The van der Waals surface area contributed by atoms with Gasteiger partial charge in [-0.3, -0.25) is 4.52 Å². The van der Waals surface area contributed by atoms with Gasteiger partial charge in [0.15, 0.2) is 11.5 Å². The van der Waals surface area contributed by atoms with Gasteiger partial charge in [-0.05, 0) is 48.4 Å². The minimum atomic E-state index is -0.226. The van der Waals surface area contributed by atoms with Crippen LogP contribution < -0.4 is 9.47 Å². The summed E-state index contributed by atoms with van der Waals surface area (Å²) in [5.41, 5.74) is 2.64. The van der Waals surface area contributed by atoms with E-state index in [-0.39, 0.29) is 8.69 Å². The fourth-order valence-electron chi connectivity index (χ4n) is 2.50. The molecule has 1 aliphatic heterocycles. The average molecular weight is 252 g/mol. The lowest BCUT2D eigenvalue weighted by Gasteiger charge is -2.23. The van der Waals surface area contributed by atoms with Crippen LogP contribution >= 0.6 is 8.69 Å². The van der Waals surface area contributed by atoms with Gasteiger partial charge in [-0.1, -0.05) is 0 Å². The van der Waals surface area contributed by atoms with Crippen molar-refractivity contribution in [2.24, 2.45) is 5.92 Å². The maximum Gasteiger partial charge on any atom is 0.327 e. The predicted molar refractivity (Wildman–Crippen MR) is 61.6 cm³/mol. The second-order valence-electron chi connectivity index (χ2n) is 4.45. The summed E-state index contributed by atoms with van der Waals surface area (Å²) in [7, 11) is -0.226. The lowest BCUT2D eigenvalue weighted by Crippen LogP contribution is -2.17. The molecule has 1 aromatic carbocycles. The molecule has 5 heteroatoms. The third-order valence-corrected chi connectivity index (χ3v) is 3.64. The minimum absolute atomic E-state index is 0.226. The van der Waals surface area contributed by atoms with Crippen LogP contribution in [0.2, 0.25) is 0 Å². The van der Waals surface area contributed by atoms with E-state index in [1.165, 1.54) is 11.1 Å². The molecule has 2 aliphatic rings. The molecule has 0 aromatic heterocycles. The lowest BCUT2D eigenvalue weighted by molar-refractivity contribution is 0.174. The molecule has 0 radical (unpaired) electrons. The van der Waals surface area contributed by atoms with Gasteiger partial charge in [-0.2, -0.15) is 0 Å². The molecule has 0 amide bonds. The average Bonchev–Trinajstić information content (AvgIpc) is 2.80. The van der Waals surface area contributed by atoms with Crippen LogP contribution in [0.15, 0.2) is 12.1 Å². The van der Waals surface area contributed by atoms with E-state index in [2.05, 4.69) is 12.1 Å². The molecule has 0 fully saturated rings. The van der Waals surface area contributed by atoms with Crippen LogP contribution in [-0.4, -0.2) is 13.4 Å². The van der Waals surface area contributed by atoms with Gasteiger partial charge in [0, 0.05) is 0 Å². The molecule has 1 heterocycles. The van der Waals surface area contributed by atoms with Crippen LogP contribution in [0.1, 0.15) is 17.5 Å². The Kier molecular flexibility index (Phi) is 3.00. The molecule has 0 saturated carbocycles. The van der Waals surface area contributed by atoms with E-state index < -0.39 is 0 Å². The first-order valence-corrected chi connectivity index (χ1v) is 6.46. The highest BCUT2D eigenvalue weighted by Gasteiger charge is 2.23. The Morgan fingerprint density at radius 1 is 1.29 bits per heavy atom. The molecule has 17 heavy (non-hydrogen) atoms. The zero-order chi connectivity index (χ0) is 11.7. The largest absolute Gasteiger partial charge is 0.454 e. The van der Waals surface area contributed by atoms with E-state index >= 15 is 0 Å². The predicted octanol–water partition coefficient (Wildman–Crippen LogP) is 2.74. The number of benzene rings is 1. The van der Waals surface area contributed by atoms with Crippen molar-refractivity contribution in [3.8, 4) is 11.5 Å². The topological polar surface area (TPSA) is 44.8 Å². The summed E-state index contributed by atoms with van der Waals surface area (Å²) in [6.07, 6.45) is 3.05. The van der Waals surface area contributed by atoms with E-state index in [0.717, 1.165) is 30.8 Å². The maximum atomic E-state index is 10.3. The lowest BCUT2D eigenvalue weighted by atomic mass is 9.84. The Morgan fingerprint density at radius 2 is 2.06 bits per heavy atom. The third kappa shape index (κ3) is 2.15. The van der Waals surface area contributed by atoms with E-state index in [4.69, 9.17) is 14.0 Å². The zero-order valence-corrected chi connectivity index (χ0v) is 10.2. The molecule has 4 nitrogen and oxygen atoms in total. The van der Waals surface area contributed by atoms with Crippen LogP contribution in [0.3, 0.4) is 0 Å². The number of aryl methyl sites for hydroxylation is 1. The highest BCUT2D eigenvalue weighted by atomic mass is 31.1. The minimum Gasteiger partial charge on any atom is -0.454 e. The maximum absolute atomic E-state index is 10.3. The first-order chi connectivity index (χ1) is 8.36. The normalized spacial score (nSPS) is 21.5. The van der Waals surface area contributed by atoms with Crippen LogP contribution in [0, 0.1) is 5.92 Å². The highest BCUT2D eigenvalue weighted by Crippen LogP contribution is 2.38. The quantitative estimate of drug-likeness (QED) is 0.776. The van der Waals surface area contributed by atoms with Crippen LogP contribution in [0.4, 0.5) is 0 Å². The van der Waals surface area contributed by atoms with Crippen molar-refractivity contribution in [2.45, 2.75) is 19.3 Å². The molecule has 0 saturated heterocycles. The highest BCUT2D eigenvalue weighted by molar-refractivity contribution is 7.17. The Morgan fingerprint density at radius 3 is 2.82 bits per heavy atom. The van der Waals surface area contributed by atoms with Crippen molar-refractivity contribution in [1.29, 1.82) is 0 Å². The van der Waals surface area contributed by atoms with Crippen LogP contribution in [-0.2, 0) is 21.9 Å². The van der Waals surface area contributed by atoms with Gasteiger partial charge < -0.3 is 9.47 Å². The first-order valence-electron chi connectivity index (χ1n) is 5.73. The van der Waals surface area contributed by atoms with E-state index in [0.29, 0.717) is 19.3 Å². The Hall–Kier alpha value is -1.12. The van der Waals surface area contributed by atoms with Crippen molar-refractivity contribution in [3.63, 3.8) is 0 Å². The molecule has 1 aromatic rings. The van der Waals surface area contributed by atoms with Crippen molar-refractivity contribution in [1.82, 2.24) is 0 Å². The molecule has 3 rings (SSSR count). The fourth-order valence-corrected chi connectivity index (χ4v) is 2.77. The third-order valence-electron chi connectivity index (χ3n) is 3.39. The van der Waals surface area contributed by atoms with Crippen LogP contribution in [0.5, 0.6) is 11.5 Å². The molecule has 0 N–H and O–H groups in total. The number of hydrogen-bond acceptors (Lipinski definition) is 4. The molecule has 90 valence electrons. The van der Waals surface area contributed by atoms with E-state index in [1.54, 1.807) is 0 Å². The molecular formula is C12H13O4P. The number of ether oxygens (including phenoxy) is 2. The molecule has 1 aliphatic carbocycles. The number of hydrogen-bond donors (Lipinski definition) is 0. The molecule has 0 bridgehead atoms. The Labute approximate surface area is 101 Å². The summed E-state index contributed by atoms with van der Waals surface area (Å²) < 4.78 is 26.0. The monoisotopic (exact) mass is 252 g/mol. The molecular weight excluding hydrogens is 239 g/mol. The summed E-state index contributed by atoms with van der Waals surface area (Å²) in [4.78, 5) is 0. The second kappa shape index (κ2) is 4.63. The molecule has 0 spiro atoms. The summed E-state index contributed by atoms with van der Waals surface area (Å²) >= 11 is 0.